The Hall–Kier alpha value is -1.95. The van der Waals surface area contributed by atoms with Crippen LogP contribution in [-0.4, -0.2) is 44.4 Å². The molecule has 1 heterocycles. The molecule has 0 spiro atoms. The molecule has 2 rings (SSSR count). The molecule has 6 heteroatoms. The van der Waals surface area contributed by atoms with E-state index in [2.05, 4.69) is 5.32 Å². The molecule has 2 N–H and O–H groups in total. The minimum absolute atomic E-state index is 0.0428. The summed E-state index contributed by atoms with van der Waals surface area (Å²) in [6, 6.07) is 3.26. The number of fused-ring (bicyclic) bond motifs is 1. The van der Waals surface area contributed by atoms with Crippen molar-refractivity contribution in [3.05, 3.63) is 12.1 Å². The second kappa shape index (κ2) is 6.22. The van der Waals surface area contributed by atoms with Gasteiger partial charge >= 0.3 is 0 Å². The van der Waals surface area contributed by atoms with Gasteiger partial charge in [0, 0.05) is 18.7 Å². The summed E-state index contributed by atoms with van der Waals surface area (Å²) in [5, 5.41) is 12.5. The van der Waals surface area contributed by atoms with Gasteiger partial charge in [0.25, 0.3) is 0 Å². The van der Waals surface area contributed by atoms with Crippen molar-refractivity contribution in [2.45, 2.75) is 19.9 Å². The summed E-state index contributed by atoms with van der Waals surface area (Å²) in [7, 11) is 3.12. The number of methoxy groups -OCH3 is 2. The van der Waals surface area contributed by atoms with Crippen LogP contribution in [-0.2, 0) is 4.79 Å². The van der Waals surface area contributed by atoms with E-state index in [1.807, 2.05) is 19.9 Å². The fraction of sp³-hybridized carbons (Fsp3) is 0.533. The maximum Gasteiger partial charge on any atom is 0.249 e. The number of anilines is 2. The standard InChI is InChI=1S/C15H22N2O4/c1-9(2)14-15(19)17(5-6-18)11-8-13(21-4)12(20-3)7-10(11)16-14/h7-9,14,16,18H,5-6H2,1-4H3. The SMILES string of the molecule is COc1cc2c(cc1OC)N(CCO)C(=O)C(C(C)C)N2. The first kappa shape index (κ1) is 15.4. The predicted molar refractivity (Wildman–Crippen MR) is 81.2 cm³/mol. The summed E-state index contributed by atoms with van der Waals surface area (Å²) in [5.41, 5.74) is 1.50. The quantitative estimate of drug-likeness (QED) is 0.860. The summed E-state index contributed by atoms with van der Waals surface area (Å²) in [5.74, 6) is 1.25. The molecule has 1 aromatic rings. The first-order chi connectivity index (χ1) is 10.0. The Bertz CT molecular complexity index is 531. The second-order valence-corrected chi connectivity index (χ2v) is 5.30. The highest BCUT2D eigenvalue weighted by Gasteiger charge is 2.34. The number of aliphatic hydroxyl groups is 1. The van der Waals surface area contributed by atoms with E-state index in [0.29, 0.717) is 17.2 Å². The van der Waals surface area contributed by atoms with Crippen molar-refractivity contribution in [1.82, 2.24) is 0 Å². The highest BCUT2D eigenvalue weighted by atomic mass is 16.5. The van der Waals surface area contributed by atoms with Gasteiger partial charge in [-0.3, -0.25) is 4.79 Å². The lowest BCUT2D eigenvalue weighted by atomic mass is 9.98. The van der Waals surface area contributed by atoms with Crippen molar-refractivity contribution < 1.29 is 19.4 Å². The molecule has 0 saturated heterocycles. The molecule has 0 saturated carbocycles. The third kappa shape index (κ3) is 2.76. The fourth-order valence-corrected chi connectivity index (χ4v) is 2.51. The first-order valence-electron chi connectivity index (χ1n) is 6.98. The molecule has 116 valence electrons. The molecule has 1 amide bonds. The lowest BCUT2D eigenvalue weighted by molar-refractivity contribution is -0.120. The van der Waals surface area contributed by atoms with Crippen LogP contribution in [0, 0.1) is 5.92 Å². The van der Waals surface area contributed by atoms with Gasteiger partial charge in [0.2, 0.25) is 5.91 Å². The number of aliphatic hydroxyl groups excluding tert-OH is 1. The van der Waals surface area contributed by atoms with Gasteiger partial charge in [-0.25, -0.2) is 0 Å². The maximum atomic E-state index is 12.6. The van der Waals surface area contributed by atoms with E-state index in [9.17, 15) is 9.90 Å². The van der Waals surface area contributed by atoms with Crippen LogP contribution < -0.4 is 19.7 Å². The van der Waals surface area contributed by atoms with E-state index >= 15 is 0 Å². The van der Waals surface area contributed by atoms with Crippen molar-refractivity contribution >= 4 is 17.3 Å². The van der Waals surface area contributed by atoms with Gasteiger partial charge in [-0.2, -0.15) is 0 Å². The van der Waals surface area contributed by atoms with Crippen molar-refractivity contribution in [2.75, 3.05) is 37.6 Å². The number of ether oxygens (including phenoxy) is 2. The van der Waals surface area contributed by atoms with Gasteiger partial charge in [0.1, 0.15) is 6.04 Å². The highest BCUT2D eigenvalue weighted by molar-refractivity contribution is 6.05. The molecular weight excluding hydrogens is 272 g/mol. The van der Waals surface area contributed by atoms with Crippen LogP contribution in [0.4, 0.5) is 11.4 Å². The minimum atomic E-state index is -0.317. The molecule has 0 bridgehead atoms. The average Bonchev–Trinajstić information content (AvgIpc) is 2.48. The molecule has 21 heavy (non-hydrogen) atoms. The largest absolute Gasteiger partial charge is 0.493 e. The molecule has 0 aliphatic carbocycles. The summed E-state index contributed by atoms with van der Waals surface area (Å²) in [6.45, 7) is 4.13. The topological polar surface area (TPSA) is 71.0 Å². The van der Waals surface area contributed by atoms with E-state index in [1.165, 1.54) is 0 Å². The Morgan fingerprint density at radius 2 is 1.90 bits per heavy atom. The monoisotopic (exact) mass is 294 g/mol. The van der Waals surface area contributed by atoms with Crippen molar-refractivity contribution in [1.29, 1.82) is 0 Å². The average molecular weight is 294 g/mol. The van der Waals surface area contributed by atoms with E-state index in [4.69, 9.17) is 9.47 Å². The summed E-state index contributed by atoms with van der Waals surface area (Å²) in [6.07, 6.45) is 0. The van der Waals surface area contributed by atoms with Gasteiger partial charge in [-0.1, -0.05) is 13.8 Å². The van der Waals surface area contributed by atoms with E-state index in [0.717, 1.165) is 5.69 Å². The maximum absolute atomic E-state index is 12.6. The van der Waals surface area contributed by atoms with Crippen molar-refractivity contribution in [3.63, 3.8) is 0 Å². The van der Waals surface area contributed by atoms with Crippen LogP contribution in [0.2, 0.25) is 0 Å². The van der Waals surface area contributed by atoms with E-state index in [1.54, 1.807) is 25.2 Å². The summed E-state index contributed by atoms with van der Waals surface area (Å²) in [4.78, 5) is 14.1. The van der Waals surface area contributed by atoms with Crippen LogP contribution in [0.5, 0.6) is 11.5 Å². The molecule has 1 atom stereocenters. The molecule has 6 nitrogen and oxygen atoms in total. The van der Waals surface area contributed by atoms with E-state index in [-0.39, 0.29) is 31.0 Å². The smallest absolute Gasteiger partial charge is 0.249 e. The lowest BCUT2D eigenvalue weighted by Crippen LogP contribution is -2.50. The Kier molecular flexibility index (Phi) is 4.57. The number of carbonyl (C=O) groups excluding carboxylic acids is 1. The summed E-state index contributed by atoms with van der Waals surface area (Å²) < 4.78 is 10.6. The molecular formula is C15H22N2O4. The van der Waals surface area contributed by atoms with Gasteiger partial charge in [0.15, 0.2) is 11.5 Å². The summed E-state index contributed by atoms with van der Waals surface area (Å²) >= 11 is 0. The molecule has 0 radical (unpaired) electrons. The number of hydrogen-bond acceptors (Lipinski definition) is 5. The highest BCUT2D eigenvalue weighted by Crippen LogP contribution is 2.41. The number of hydrogen-bond donors (Lipinski definition) is 2. The van der Waals surface area contributed by atoms with Gasteiger partial charge < -0.3 is 24.8 Å². The Morgan fingerprint density at radius 3 is 2.43 bits per heavy atom. The molecule has 1 aromatic carbocycles. The normalized spacial score (nSPS) is 17.5. The molecule has 1 aliphatic heterocycles. The molecule has 1 unspecified atom stereocenters. The zero-order valence-electron chi connectivity index (χ0n) is 12.8. The van der Waals surface area contributed by atoms with E-state index < -0.39 is 0 Å². The van der Waals surface area contributed by atoms with Crippen LogP contribution in [0.15, 0.2) is 12.1 Å². The number of nitrogens with one attached hydrogen (secondary N) is 1. The predicted octanol–water partition coefficient (Wildman–Crippen LogP) is 1.48. The van der Waals surface area contributed by atoms with Crippen molar-refractivity contribution in [2.24, 2.45) is 5.92 Å². The van der Waals surface area contributed by atoms with Crippen LogP contribution >= 0.6 is 0 Å². The zero-order chi connectivity index (χ0) is 15.6. The number of carbonyl (C=O) groups is 1. The third-order valence-corrected chi connectivity index (χ3v) is 3.63. The number of rotatable bonds is 5. The van der Waals surface area contributed by atoms with Gasteiger partial charge in [-0.05, 0) is 5.92 Å². The molecule has 0 fully saturated rings. The lowest BCUT2D eigenvalue weighted by Gasteiger charge is -2.37. The number of amides is 1. The fourth-order valence-electron chi connectivity index (χ4n) is 2.51. The molecule has 1 aliphatic rings. The Labute approximate surface area is 124 Å². The minimum Gasteiger partial charge on any atom is -0.493 e. The first-order valence-corrected chi connectivity index (χ1v) is 6.98. The Morgan fingerprint density at radius 1 is 1.29 bits per heavy atom. The zero-order valence-corrected chi connectivity index (χ0v) is 12.8. The number of nitrogens with zero attached hydrogens (tertiary/aromatic N) is 1. The second-order valence-electron chi connectivity index (χ2n) is 5.30. The van der Waals surface area contributed by atoms with Gasteiger partial charge in [-0.15, -0.1) is 0 Å². The van der Waals surface area contributed by atoms with Crippen LogP contribution in [0.25, 0.3) is 0 Å². The number of β-amino-alcohol motifs (C(OH)–C–C–N with tert-alkyl or cyclic N) is 1. The van der Waals surface area contributed by atoms with Crippen LogP contribution in [0.1, 0.15) is 13.8 Å². The third-order valence-electron chi connectivity index (χ3n) is 3.63. The molecule has 0 aromatic heterocycles. The van der Waals surface area contributed by atoms with Gasteiger partial charge in [0.05, 0.1) is 32.2 Å². The van der Waals surface area contributed by atoms with Crippen LogP contribution in [0.3, 0.4) is 0 Å². The Balaban J connectivity index is 2.52. The number of benzene rings is 1. The van der Waals surface area contributed by atoms with Crippen molar-refractivity contribution in [3.8, 4) is 11.5 Å².